The molecule has 0 aromatic heterocycles. The quantitative estimate of drug-likeness (QED) is 0.928. The summed E-state index contributed by atoms with van der Waals surface area (Å²) < 4.78 is 43.5. The second-order valence-electron chi connectivity index (χ2n) is 4.90. The number of ether oxygens (including phenoxy) is 1. The van der Waals surface area contributed by atoms with Crippen LogP contribution < -0.4 is 10.5 Å². The molecule has 1 fully saturated rings. The monoisotopic (exact) mass is 284 g/mol. The van der Waals surface area contributed by atoms with Crippen molar-refractivity contribution in [2.45, 2.75) is 31.5 Å². The third kappa shape index (κ3) is 3.05. The fourth-order valence-corrected chi connectivity index (χ4v) is 2.49. The summed E-state index contributed by atoms with van der Waals surface area (Å²) in [6, 6.07) is 4.73. The molecular formula is C14H15F3N2O. The number of hydrogen-bond donors (Lipinski definition) is 1. The topological polar surface area (TPSA) is 59.0 Å². The van der Waals surface area contributed by atoms with Gasteiger partial charge in [0.15, 0.2) is 0 Å². The van der Waals surface area contributed by atoms with Gasteiger partial charge < -0.3 is 10.5 Å². The van der Waals surface area contributed by atoms with Gasteiger partial charge in [0.1, 0.15) is 17.9 Å². The Kier molecular flexibility index (Phi) is 4.19. The SMILES string of the molecule is N#Cc1cc(C(F)(F)F)ccc1OC1CCCC1CN. The van der Waals surface area contributed by atoms with E-state index in [1.165, 1.54) is 6.07 Å². The maximum absolute atomic E-state index is 12.6. The van der Waals surface area contributed by atoms with Crippen molar-refractivity contribution in [3.8, 4) is 11.8 Å². The third-order valence-corrected chi connectivity index (χ3v) is 3.60. The average molecular weight is 284 g/mol. The molecule has 2 N–H and O–H groups in total. The number of hydrogen-bond acceptors (Lipinski definition) is 3. The molecule has 20 heavy (non-hydrogen) atoms. The van der Waals surface area contributed by atoms with Crippen LogP contribution in [0.4, 0.5) is 13.2 Å². The van der Waals surface area contributed by atoms with Gasteiger partial charge in [-0.15, -0.1) is 0 Å². The van der Waals surface area contributed by atoms with Crippen LogP contribution in [-0.4, -0.2) is 12.6 Å². The first-order valence-corrected chi connectivity index (χ1v) is 6.43. The zero-order chi connectivity index (χ0) is 14.8. The van der Waals surface area contributed by atoms with E-state index in [0.29, 0.717) is 6.54 Å². The van der Waals surface area contributed by atoms with Crippen LogP contribution in [0.1, 0.15) is 30.4 Å². The molecule has 0 heterocycles. The van der Waals surface area contributed by atoms with Gasteiger partial charge in [0, 0.05) is 5.92 Å². The van der Waals surface area contributed by atoms with Gasteiger partial charge in [-0.2, -0.15) is 18.4 Å². The predicted molar refractivity (Wildman–Crippen MR) is 67.0 cm³/mol. The van der Waals surface area contributed by atoms with Crippen molar-refractivity contribution >= 4 is 0 Å². The summed E-state index contributed by atoms with van der Waals surface area (Å²) in [4.78, 5) is 0. The summed E-state index contributed by atoms with van der Waals surface area (Å²) in [5.74, 6) is 0.398. The average Bonchev–Trinajstić information content (AvgIpc) is 2.85. The van der Waals surface area contributed by atoms with Crippen molar-refractivity contribution in [2.24, 2.45) is 11.7 Å². The van der Waals surface area contributed by atoms with Crippen LogP contribution in [0.3, 0.4) is 0 Å². The molecule has 3 nitrogen and oxygen atoms in total. The molecule has 0 saturated heterocycles. The molecule has 2 unspecified atom stereocenters. The zero-order valence-corrected chi connectivity index (χ0v) is 10.8. The number of alkyl halides is 3. The maximum atomic E-state index is 12.6. The minimum absolute atomic E-state index is 0.0949. The van der Waals surface area contributed by atoms with Crippen molar-refractivity contribution in [1.29, 1.82) is 5.26 Å². The summed E-state index contributed by atoms with van der Waals surface area (Å²) in [6.45, 7) is 0.479. The van der Waals surface area contributed by atoms with Gasteiger partial charge in [-0.3, -0.25) is 0 Å². The second kappa shape index (κ2) is 5.71. The van der Waals surface area contributed by atoms with Crippen molar-refractivity contribution in [3.63, 3.8) is 0 Å². The third-order valence-electron chi connectivity index (χ3n) is 3.60. The standard InChI is InChI=1S/C14H15F3N2O/c15-14(16,17)11-4-5-13(10(6-11)8-19)20-12-3-1-2-9(12)7-18/h4-6,9,12H,1-3,7,18H2. The van der Waals surface area contributed by atoms with Crippen molar-refractivity contribution in [1.82, 2.24) is 0 Å². The van der Waals surface area contributed by atoms with Gasteiger partial charge in [0.05, 0.1) is 11.1 Å². The predicted octanol–water partition coefficient (Wildman–Crippen LogP) is 3.08. The highest BCUT2D eigenvalue weighted by Crippen LogP contribution is 2.34. The molecule has 2 atom stereocenters. The van der Waals surface area contributed by atoms with Gasteiger partial charge in [-0.1, -0.05) is 0 Å². The van der Waals surface area contributed by atoms with Crippen LogP contribution in [0.15, 0.2) is 18.2 Å². The molecule has 0 spiro atoms. The Hall–Kier alpha value is -1.74. The smallest absolute Gasteiger partial charge is 0.416 e. The Labute approximate surface area is 115 Å². The molecule has 2 rings (SSSR count). The molecule has 1 aromatic rings. The number of nitriles is 1. The number of nitrogens with zero attached hydrogens (tertiary/aromatic N) is 1. The number of halogens is 3. The van der Waals surface area contributed by atoms with E-state index in [4.69, 9.17) is 15.7 Å². The van der Waals surface area contributed by atoms with E-state index in [0.717, 1.165) is 31.4 Å². The van der Waals surface area contributed by atoms with E-state index in [-0.39, 0.29) is 23.3 Å². The summed E-state index contributed by atoms with van der Waals surface area (Å²) in [7, 11) is 0. The van der Waals surface area contributed by atoms with E-state index in [2.05, 4.69) is 0 Å². The van der Waals surface area contributed by atoms with Gasteiger partial charge >= 0.3 is 6.18 Å². The number of benzene rings is 1. The van der Waals surface area contributed by atoms with Crippen LogP contribution in [0.25, 0.3) is 0 Å². The molecule has 108 valence electrons. The lowest BCUT2D eigenvalue weighted by Crippen LogP contribution is -2.27. The second-order valence-corrected chi connectivity index (χ2v) is 4.90. The van der Waals surface area contributed by atoms with Crippen LogP contribution in [-0.2, 0) is 6.18 Å². The van der Waals surface area contributed by atoms with Crippen molar-refractivity contribution in [3.05, 3.63) is 29.3 Å². The lowest BCUT2D eigenvalue weighted by atomic mass is 10.1. The van der Waals surface area contributed by atoms with Crippen molar-refractivity contribution < 1.29 is 17.9 Å². The highest BCUT2D eigenvalue weighted by atomic mass is 19.4. The van der Waals surface area contributed by atoms with Crippen LogP contribution in [0, 0.1) is 17.2 Å². The molecule has 1 aromatic carbocycles. The largest absolute Gasteiger partial charge is 0.489 e. The van der Waals surface area contributed by atoms with E-state index >= 15 is 0 Å². The van der Waals surface area contributed by atoms with E-state index in [9.17, 15) is 13.2 Å². The number of nitrogens with two attached hydrogens (primary N) is 1. The summed E-state index contributed by atoms with van der Waals surface area (Å²) >= 11 is 0. The van der Waals surface area contributed by atoms with Gasteiger partial charge in [0.2, 0.25) is 0 Å². The first-order valence-electron chi connectivity index (χ1n) is 6.43. The lowest BCUT2D eigenvalue weighted by Gasteiger charge is -2.21. The molecule has 6 heteroatoms. The summed E-state index contributed by atoms with van der Waals surface area (Å²) in [6.07, 6.45) is -1.84. The van der Waals surface area contributed by atoms with E-state index < -0.39 is 11.7 Å². The molecule has 0 radical (unpaired) electrons. The van der Waals surface area contributed by atoms with E-state index in [1.54, 1.807) is 6.07 Å². The summed E-state index contributed by atoms with van der Waals surface area (Å²) in [5.41, 5.74) is 4.70. The first-order chi connectivity index (χ1) is 9.45. The highest BCUT2D eigenvalue weighted by molar-refractivity contribution is 5.46. The first kappa shape index (κ1) is 14.7. The van der Waals surface area contributed by atoms with E-state index in [1.807, 2.05) is 0 Å². The minimum atomic E-state index is -4.46. The molecule has 1 aliphatic carbocycles. The Balaban J connectivity index is 2.22. The molecule has 0 bridgehead atoms. The molecule has 1 saturated carbocycles. The number of rotatable bonds is 3. The van der Waals surface area contributed by atoms with Crippen LogP contribution in [0.2, 0.25) is 0 Å². The Morgan fingerprint density at radius 1 is 1.35 bits per heavy atom. The van der Waals surface area contributed by atoms with Crippen LogP contribution in [0.5, 0.6) is 5.75 Å². The Morgan fingerprint density at radius 3 is 2.70 bits per heavy atom. The molecular weight excluding hydrogens is 269 g/mol. The fourth-order valence-electron chi connectivity index (χ4n) is 2.49. The molecule has 0 amide bonds. The van der Waals surface area contributed by atoms with Gasteiger partial charge in [-0.05, 0) is 44.0 Å². The zero-order valence-electron chi connectivity index (χ0n) is 10.8. The lowest BCUT2D eigenvalue weighted by molar-refractivity contribution is -0.137. The fraction of sp³-hybridized carbons (Fsp3) is 0.500. The van der Waals surface area contributed by atoms with Gasteiger partial charge in [-0.25, -0.2) is 0 Å². The molecule has 1 aliphatic rings. The van der Waals surface area contributed by atoms with Gasteiger partial charge in [0.25, 0.3) is 0 Å². The minimum Gasteiger partial charge on any atom is -0.489 e. The maximum Gasteiger partial charge on any atom is 0.416 e. The highest BCUT2D eigenvalue weighted by Gasteiger charge is 2.32. The van der Waals surface area contributed by atoms with Crippen LogP contribution >= 0.6 is 0 Å². The Morgan fingerprint density at radius 2 is 2.10 bits per heavy atom. The summed E-state index contributed by atoms with van der Waals surface area (Å²) in [5, 5.41) is 8.98. The normalized spacial score (nSPS) is 22.6. The molecule has 0 aliphatic heterocycles. The Bertz CT molecular complexity index is 522. The van der Waals surface area contributed by atoms with Crippen molar-refractivity contribution in [2.75, 3.05) is 6.54 Å².